The van der Waals surface area contributed by atoms with Crippen molar-refractivity contribution in [2.75, 3.05) is 37.6 Å². The van der Waals surface area contributed by atoms with Crippen molar-refractivity contribution < 1.29 is 5.11 Å². The number of unbranched alkanes of at least 4 members (excludes halogenated alkanes) is 1. The van der Waals surface area contributed by atoms with Crippen molar-refractivity contribution in [3.63, 3.8) is 0 Å². The fourth-order valence-electron chi connectivity index (χ4n) is 4.07. The number of nitrogens with zero attached hydrogens (tertiary/aromatic N) is 3. The van der Waals surface area contributed by atoms with Gasteiger partial charge in [-0.2, -0.15) is 0 Å². The molecule has 2 heterocycles. The summed E-state index contributed by atoms with van der Waals surface area (Å²) in [6, 6.07) is 14.4. The van der Waals surface area contributed by atoms with E-state index in [9.17, 15) is 5.11 Å². The number of hydrogen-bond donors (Lipinski definition) is 2. The fraction of sp³-hybridized carbons (Fsp3) is 0.375. The zero-order chi connectivity index (χ0) is 20.2. The Hall–Kier alpha value is -2.79. The molecule has 1 saturated heterocycles. The van der Waals surface area contributed by atoms with Crippen molar-refractivity contribution in [2.45, 2.75) is 26.7 Å². The van der Waals surface area contributed by atoms with Gasteiger partial charge in [-0.25, -0.2) is 0 Å². The Morgan fingerprint density at radius 3 is 2.55 bits per heavy atom. The molecule has 5 heteroatoms. The van der Waals surface area contributed by atoms with Gasteiger partial charge in [0.1, 0.15) is 0 Å². The van der Waals surface area contributed by atoms with Gasteiger partial charge in [0.15, 0.2) is 5.88 Å². The molecule has 2 aromatic carbocycles. The van der Waals surface area contributed by atoms with Gasteiger partial charge in [-0.15, -0.1) is 0 Å². The van der Waals surface area contributed by atoms with Crippen LogP contribution in [0, 0.1) is 6.92 Å². The largest absolute Gasteiger partial charge is 0.494 e. The first-order valence-corrected chi connectivity index (χ1v) is 10.6. The summed E-state index contributed by atoms with van der Waals surface area (Å²) in [5.41, 5.74) is 4.93. The Morgan fingerprint density at radius 2 is 1.83 bits per heavy atom. The molecule has 0 unspecified atom stereocenters. The van der Waals surface area contributed by atoms with Crippen LogP contribution >= 0.6 is 0 Å². The number of rotatable bonds is 6. The first-order valence-electron chi connectivity index (χ1n) is 10.6. The Kier molecular flexibility index (Phi) is 5.86. The molecule has 4 rings (SSSR count). The van der Waals surface area contributed by atoms with Gasteiger partial charge in [0.2, 0.25) is 0 Å². The van der Waals surface area contributed by atoms with Crippen LogP contribution in [0.15, 0.2) is 47.5 Å². The van der Waals surface area contributed by atoms with E-state index >= 15 is 0 Å². The molecule has 1 fully saturated rings. The van der Waals surface area contributed by atoms with Gasteiger partial charge in [0, 0.05) is 49.0 Å². The van der Waals surface area contributed by atoms with E-state index in [2.05, 4.69) is 38.8 Å². The average molecular weight is 391 g/mol. The van der Waals surface area contributed by atoms with Gasteiger partial charge < -0.3 is 15.0 Å². The zero-order valence-corrected chi connectivity index (χ0v) is 17.4. The van der Waals surface area contributed by atoms with Gasteiger partial charge in [-0.3, -0.25) is 9.89 Å². The molecule has 0 spiro atoms. The molecule has 1 aromatic heterocycles. The van der Waals surface area contributed by atoms with Crippen LogP contribution in [0.1, 0.15) is 30.9 Å². The number of aromatic nitrogens is 1. The summed E-state index contributed by atoms with van der Waals surface area (Å²) in [5.74, 6) is 0.163. The van der Waals surface area contributed by atoms with Crippen molar-refractivity contribution >= 4 is 28.5 Å². The van der Waals surface area contributed by atoms with Gasteiger partial charge in [0.05, 0.1) is 11.3 Å². The predicted molar refractivity (Wildman–Crippen MR) is 122 cm³/mol. The van der Waals surface area contributed by atoms with Crippen molar-refractivity contribution in [1.82, 2.24) is 9.88 Å². The minimum absolute atomic E-state index is 0.163. The number of aryl methyl sites for hydroxylation is 1. The summed E-state index contributed by atoms with van der Waals surface area (Å²) in [4.78, 5) is 12.6. The molecule has 0 aliphatic carbocycles. The number of piperazine rings is 1. The summed E-state index contributed by atoms with van der Waals surface area (Å²) < 4.78 is 0. The summed E-state index contributed by atoms with van der Waals surface area (Å²) >= 11 is 0. The minimum atomic E-state index is 0.163. The van der Waals surface area contributed by atoms with E-state index in [4.69, 9.17) is 0 Å². The van der Waals surface area contributed by atoms with Crippen molar-refractivity contribution in [3.05, 3.63) is 53.6 Å². The average Bonchev–Trinajstić information content (AvgIpc) is 3.08. The molecule has 0 amide bonds. The summed E-state index contributed by atoms with van der Waals surface area (Å²) in [6.45, 7) is 9.95. The fourth-order valence-corrected chi connectivity index (χ4v) is 4.07. The molecule has 0 radical (unpaired) electrons. The third-order valence-corrected chi connectivity index (χ3v) is 5.81. The number of aromatic amines is 1. The molecule has 1 aliphatic heterocycles. The van der Waals surface area contributed by atoms with Crippen LogP contribution in [-0.4, -0.2) is 53.9 Å². The predicted octanol–water partition coefficient (Wildman–Crippen LogP) is 4.85. The van der Waals surface area contributed by atoms with E-state index < -0.39 is 0 Å². The molecular weight excluding hydrogens is 360 g/mol. The van der Waals surface area contributed by atoms with Crippen molar-refractivity contribution in [2.24, 2.45) is 4.99 Å². The first kappa shape index (κ1) is 19.5. The highest BCUT2D eigenvalue weighted by Gasteiger charge is 2.16. The maximum absolute atomic E-state index is 10.3. The molecule has 3 aromatic rings. The lowest BCUT2D eigenvalue weighted by Gasteiger charge is -2.36. The number of aromatic hydroxyl groups is 1. The molecule has 2 N–H and O–H groups in total. The van der Waals surface area contributed by atoms with Crippen LogP contribution in [0.2, 0.25) is 0 Å². The van der Waals surface area contributed by atoms with Crippen LogP contribution in [0.25, 0.3) is 10.9 Å². The molecule has 5 nitrogen and oxygen atoms in total. The number of fused-ring (bicyclic) bond motifs is 1. The summed E-state index contributed by atoms with van der Waals surface area (Å²) in [6.07, 6.45) is 4.30. The second kappa shape index (κ2) is 8.70. The van der Waals surface area contributed by atoms with Crippen LogP contribution in [0.4, 0.5) is 11.4 Å². The zero-order valence-electron chi connectivity index (χ0n) is 17.4. The molecule has 152 valence electrons. The topological polar surface area (TPSA) is 54.9 Å². The van der Waals surface area contributed by atoms with E-state index in [1.165, 1.54) is 25.1 Å². The second-order valence-corrected chi connectivity index (χ2v) is 7.84. The van der Waals surface area contributed by atoms with Crippen LogP contribution in [0.3, 0.4) is 0 Å². The number of aliphatic imine (C=N–C) groups is 1. The molecule has 0 saturated carbocycles. The Balaban J connectivity index is 1.44. The van der Waals surface area contributed by atoms with E-state index in [-0.39, 0.29) is 5.88 Å². The van der Waals surface area contributed by atoms with E-state index in [1.54, 1.807) is 6.21 Å². The number of hydrogen-bond acceptors (Lipinski definition) is 4. The SMILES string of the molecule is CCCCN1CCN(c2ccc(N=Cc3c(O)[nH]c4cccc(C)c34)cc2)CC1. The van der Waals surface area contributed by atoms with E-state index in [0.29, 0.717) is 0 Å². The molecule has 1 aliphatic rings. The van der Waals surface area contributed by atoms with Gasteiger partial charge >= 0.3 is 0 Å². The number of benzene rings is 2. The maximum atomic E-state index is 10.3. The molecule has 29 heavy (non-hydrogen) atoms. The Labute approximate surface area is 172 Å². The molecular formula is C24H30N4O. The maximum Gasteiger partial charge on any atom is 0.198 e. The summed E-state index contributed by atoms with van der Waals surface area (Å²) in [7, 11) is 0. The van der Waals surface area contributed by atoms with Crippen LogP contribution in [-0.2, 0) is 0 Å². The number of anilines is 1. The third kappa shape index (κ3) is 4.30. The second-order valence-electron chi connectivity index (χ2n) is 7.84. The first-order chi connectivity index (χ1) is 14.2. The lowest BCUT2D eigenvalue weighted by molar-refractivity contribution is 0.254. The van der Waals surface area contributed by atoms with Crippen LogP contribution in [0.5, 0.6) is 5.88 Å². The van der Waals surface area contributed by atoms with Crippen molar-refractivity contribution in [3.8, 4) is 5.88 Å². The Bertz CT molecular complexity index is 982. The monoisotopic (exact) mass is 390 g/mol. The number of H-pyrrole nitrogens is 1. The Morgan fingerprint density at radius 1 is 1.07 bits per heavy atom. The van der Waals surface area contributed by atoms with Gasteiger partial charge in [0.25, 0.3) is 0 Å². The lowest BCUT2D eigenvalue weighted by Crippen LogP contribution is -2.46. The number of nitrogens with one attached hydrogen (secondary N) is 1. The molecule has 0 atom stereocenters. The third-order valence-electron chi connectivity index (χ3n) is 5.81. The van der Waals surface area contributed by atoms with E-state index in [1.807, 2.05) is 37.3 Å². The quantitative estimate of drug-likeness (QED) is 0.591. The van der Waals surface area contributed by atoms with E-state index in [0.717, 1.165) is 53.9 Å². The van der Waals surface area contributed by atoms with Crippen LogP contribution < -0.4 is 4.90 Å². The lowest BCUT2D eigenvalue weighted by atomic mass is 10.1. The highest BCUT2D eigenvalue weighted by molar-refractivity contribution is 6.04. The standard InChI is InChI=1S/C24H30N4O/c1-3-4-12-27-13-15-28(16-14-27)20-10-8-19(9-11-20)25-17-21-23-18(2)6-5-7-22(23)26-24(21)29/h5-11,17,26,29H,3-4,12-16H2,1-2H3. The minimum Gasteiger partial charge on any atom is -0.494 e. The molecule has 0 bridgehead atoms. The highest BCUT2D eigenvalue weighted by Crippen LogP contribution is 2.29. The normalized spacial score (nSPS) is 15.6. The van der Waals surface area contributed by atoms with Gasteiger partial charge in [-0.05, 0) is 55.8 Å². The highest BCUT2D eigenvalue weighted by atomic mass is 16.3. The van der Waals surface area contributed by atoms with Gasteiger partial charge in [-0.1, -0.05) is 25.5 Å². The van der Waals surface area contributed by atoms with Crippen molar-refractivity contribution in [1.29, 1.82) is 0 Å². The smallest absolute Gasteiger partial charge is 0.198 e. The summed E-state index contributed by atoms with van der Waals surface area (Å²) in [5, 5.41) is 11.3.